The summed E-state index contributed by atoms with van der Waals surface area (Å²) in [4.78, 5) is 12.1. The third-order valence-electron chi connectivity index (χ3n) is 2.58. The van der Waals surface area contributed by atoms with Gasteiger partial charge in [0, 0.05) is 10.0 Å². The van der Waals surface area contributed by atoms with Crippen LogP contribution < -0.4 is 0 Å². The van der Waals surface area contributed by atoms with E-state index in [4.69, 9.17) is 0 Å². The van der Waals surface area contributed by atoms with Gasteiger partial charge in [0.15, 0.2) is 5.78 Å². The van der Waals surface area contributed by atoms with E-state index in [1.165, 1.54) is 6.92 Å². The first kappa shape index (κ1) is 12.9. The zero-order chi connectivity index (χ0) is 13.3. The van der Waals surface area contributed by atoms with Crippen LogP contribution in [0.3, 0.4) is 0 Å². The molecule has 4 heteroatoms. The summed E-state index contributed by atoms with van der Waals surface area (Å²) in [5.74, 6) is -1.83. The fraction of sp³-hybridized carbons (Fsp3) is 0.0714. The summed E-state index contributed by atoms with van der Waals surface area (Å²) in [7, 11) is 0. The lowest BCUT2D eigenvalue weighted by Crippen LogP contribution is -2.05. The summed E-state index contributed by atoms with van der Waals surface area (Å²) < 4.78 is 27.8. The van der Waals surface area contributed by atoms with E-state index in [2.05, 4.69) is 15.9 Å². The Balaban J connectivity index is 2.49. The van der Waals surface area contributed by atoms with Gasteiger partial charge in [0.2, 0.25) is 0 Å². The standard InChI is InChI=1S/C14H9BrF2O/c1-8-5-13(17)11(7-12(8)16)14(18)9-3-2-4-10(15)6-9/h2-7H,1H3. The largest absolute Gasteiger partial charge is 0.288 e. The molecule has 0 amide bonds. The molecule has 2 aromatic carbocycles. The zero-order valence-corrected chi connectivity index (χ0v) is 11.1. The maximum Gasteiger partial charge on any atom is 0.196 e. The van der Waals surface area contributed by atoms with Crippen LogP contribution in [0.5, 0.6) is 0 Å². The van der Waals surface area contributed by atoms with Gasteiger partial charge in [-0.3, -0.25) is 4.79 Å². The third kappa shape index (κ3) is 2.48. The molecule has 0 unspecified atom stereocenters. The minimum atomic E-state index is -0.709. The lowest BCUT2D eigenvalue weighted by Gasteiger charge is -2.05. The molecule has 2 aromatic rings. The predicted molar refractivity (Wildman–Crippen MR) is 68.7 cm³/mol. The Hall–Kier alpha value is -1.55. The molecule has 0 radical (unpaired) electrons. The smallest absolute Gasteiger partial charge is 0.196 e. The number of aryl methyl sites for hydroxylation is 1. The van der Waals surface area contributed by atoms with E-state index in [0.717, 1.165) is 12.1 Å². The Morgan fingerprint density at radius 1 is 1.11 bits per heavy atom. The highest BCUT2D eigenvalue weighted by Gasteiger charge is 2.16. The lowest BCUT2D eigenvalue weighted by atomic mass is 10.0. The van der Waals surface area contributed by atoms with Gasteiger partial charge in [-0.1, -0.05) is 28.1 Å². The Kier molecular flexibility index (Phi) is 3.57. The van der Waals surface area contributed by atoms with E-state index in [0.29, 0.717) is 10.0 Å². The first-order valence-electron chi connectivity index (χ1n) is 5.25. The summed E-state index contributed by atoms with van der Waals surface area (Å²) >= 11 is 3.23. The number of hydrogen-bond acceptors (Lipinski definition) is 1. The number of rotatable bonds is 2. The van der Waals surface area contributed by atoms with Crippen molar-refractivity contribution in [3.63, 3.8) is 0 Å². The van der Waals surface area contributed by atoms with Crippen LogP contribution in [0.25, 0.3) is 0 Å². The molecule has 2 rings (SSSR count). The number of carbonyl (C=O) groups is 1. The number of ketones is 1. The number of halogens is 3. The quantitative estimate of drug-likeness (QED) is 0.757. The normalized spacial score (nSPS) is 10.4. The van der Waals surface area contributed by atoms with Crippen LogP contribution in [0.15, 0.2) is 40.9 Å². The van der Waals surface area contributed by atoms with Gasteiger partial charge in [-0.05, 0) is 36.8 Å². The minimum absolute atomic E-state index is 0.179. The van der Waals surface area contributed by atoms with E-state index in [-0.39, 0.29) is 11.1 Å². The molecule has 0 atom stereocenters. The van der Waals surface area contributed by atoms with Crippen molar-refractivity contribution >= 4 is 21.7 Å². The molecule has 0 heterocycles. The molecule has 0 spiro atoms. The highest BCUT2D eigenvalue weighted by Crippen LogP contribution is 2.20. The maximum atomic E-state index is 13.7. The monoisotopic (exact) mass is 310 g/mol. The van der Waals surface area contributed by atoms with Crippen molar-refractivity contribution in [1.82, 2.24) is 0 Å². The zero-order valence-electron chi connectivity index (χ0n) is 9.51. The predicted octanol–water partition coefficient (Wildman–Crippen LogP) is 4.27. The van der Waals surface area contributed by atoms with Crippen molar-refractivity contribution in [2.24, 2.45) is 0 Å². The Bertz CT molecular complexity index is 623. The first-order valence-corrected chi connectivity index (χ1v) is 6.04. The highest BCUT2D eigenvalue weighted by atomic mass is 79.9. The molecule has 0 aliphatic heterocycles. The average molecular weight is 311 g/mol. The molecule has 0 saturated heterocycles. The second-order valence-corrected chi connectivity index (χ2v) is 4.84. The Labute approximate surface area is 112 Å². The summed E-state index contributed by atoms with van der Waals surface area (Å²) in [6.45, 7) is 1.45. The van der Waals surface area contributed by atoms with Crippen molar-refractivity contribution < 1.29 is 13.6 Å². The molecule has 0 aromatic heterocycles. The van der Waals surface area contributed by atoms with Crippen LogP contribution in [0.2, 0.25) is 0 Å². The second-order valence-electron chi connectivity index (χ2n) is 3.92. The van der Waals surface area contributed by atoms with Crippen molar-refractivity contribution in [3.8, 4) is 0 Å². The van der Waals surface area contributed by atoms with Gasteiger partial charge in [0.25, 0.3) is 0 Å². The summed E-state index contributed by atoms with van der Waals surface area (Å²) in [6, 6.07) is 8.51. The van der Waals surface area contributed by atoms with Crippen LogP contribution in [0, 0.1) is 18.6 Å². The molecule has 18 heavy (non-hydrogen) atoms. The van der Waals surface area contributed by atoms with E-state index >= 15 is 0 Å². The van der Waals surface area contributed by atoms with Gasteiger partial charge in [-0.25, -0.2) is 8.78 Å². The molecule has 0 aliphatic rings. The molecule has 0 bridgehead atoms. The van der Waals surface area contributed by atoms with Crippen LogP contribution >= 0.6 is 15.9 Å². The van der Waals surface area contributed by atoms with Gasteiger partial charge in [-0.15, -0.1) is 0 Å². The fourth-order valence-electron chi connectivity index (χ4n) is 1.61. The molecule has 0 N–H and O–H groups in total. The summed E-state index contributed by atoms with van der Waals surface area (Å²) in [5, 5.41) is 0. The topological polar surface area (TPSA) is 17.1 Å². The minimum Gasteiger partial charge on any atom is -0.288 e. The van der Waals surface area contributed by atoms with E-state index in [1.54, 1.807) is 24.3 Å². The lowest BCUT2D eigenvalue weighted by molar-refractivity contribution is 0.103. The van der Waals surface area contributed by atoms with E-state index in [9.17, 15) is 13.6 Å². The molecule has 1 nitrogen and oxygen atoms in total. The van der Waals surface area contributed by atoms with Gasteiger partial charge in [0.05, 0.1) is 5.56 Å². The van der Waals surface area contributed by atoms with Crippen molar-refractivity contribution in [1.29, 1.82) is 0 Å². The first-order chi connectivity index (χ1) is 8.49. The van der Waals surface area contributed by atoms with Crippen molar-refractivity contribution in [2.75, 3.05) is 0 Å². The molecule has 0 saturated carbocycles. The molecule has 0 aliphatic carbocycles. The molecule has 92 valence electrons. The third-order valence-corrected chi connectivity index (χ3v) is 3.07. The number of benzene rings is 2. The van der Waals surface area contributed by atoms with Gasteiger partial charge < -0.3 is 0 Å². The van der Waals surface area contributed by atoms with Crippen LogP contribution in [-0.2, 0) is 0 Å². The van der Waals surface area contributed by atoms with Crippen molar-refractivity contribution in [2.45, 2.75) is 6.92 Å². The van der Waals surface area contributed by atoms with Crippen LogP contribution in [0.4, 0.5) is 8.78 Å². The SMILES string of the molecule is Cc1cc(F)c(C(=O)c2cccc(Br)c2)cc1F. The second kappa shape index (κ2) is 4.98. The summed E-state index contributed by atoms with van der Waals surface area (Å²) in [5.41, 5.74) is 0.237. The molecular weight excluding hydrogens is 302 g/mol. The van der Waals surface area contributed by atoms with Crippen molar-refractivity contribution in [3.05, 3.63) is 69.2 Å². The molecule has 0 fully saturated rings. The Morgan fingerprint density at radius 2 is 1.83 bits per heavy atom. The summed E-state index contributed by atoms with van der Waals surface area (Å²) in [6.07, 6.45) is 0. The van der Waals surface area contributed by atoms with Crippen LogP contribution in [0.1, 0.15) is 21.5 Å². The van der Waals surface area contributed by atoms with E-state index < -0.39 is 17.4 Å². The molecular formula is C14H9BrF2O. The van der Waals surface area contributed by atoms with Gasteiger partial charge >= 0.3 is 0 Å². The number of hydrogen-bond donors (Lipinski definition) is 0. The van der Waals surface area contributed by atoms with Gasteiger partial charge in [-0.2, -0.15) is 0 Å². The fourth-order valence-corrected chi connectivity index (χ4v) is 2.00. The average Bonchev–Trinajstić information content (AvgIpc) is 2.33. The Morgan fingerprint density at radius 3 is 2.50 bits per heavy atom. The van der Waals surface area contributed by atoms with Gasteiger partial charge in [0.1, 0.15) is 11.6 Å². The van der Waals surface area contributed by atoms with Crippen LogP contribution in [-0.4, -0.2) is 5.78 Å². The van der Waals surface area contributed by atoms with E-state index in [1.807, 2.05) is 0 Å². The highest BCUT2D eigenvalue weighted by molar-refractivity contribution is 9.10. The number of carbonyl (C=O) groups excluding carboxylic acids is 1. The maximum absolute atomic E-state index is 13.7.